The van der Waals surface area contributed by atoms with Crippen LogP contribution in [-0.2, 0) is 6.54 Å². The van der Waals surface area contributed by atoms with E-state index in [0.29, 0.717) is 6.54 Å². The van der Waals surface area contributed by atoms with E-state index in [4.69, 9.17) is 11.6 Å². The van der Waals surface area contributed by atoms with Crippen LogP contribution < -0.4 is 5.32 Å². The molecule has 2 nitrogen and oxygen atoms in total. The van der Waals surface area contributed by atoms with Gasteiger partial charge in [-0.25, -0.2) is 4.39 Å². The minimum Gasteiger partial charge on any atom is -0.309 e. The number of hydrogen-bond donors (Lipinski definition) is 1. The number of nitrogens with one attached hydrogen (secondary N) is 1. The highest BCUT2D eigenvalue weighted by molar-refractivity contribution is 6.31. The number of nitrogens with zero attached hydrogens (tertiary/aromatic N) is 1. The molecule has 1 aromatic carbocycles. The Bertz CT molecular complexity index is 471. The summed E-state index contributed by atoms with van der Waals surface area (Å²) in [7, 11) is 0. The lowest BCUT2D eigenvalue weighted by molar-refractivity contribution is 0.0323. The second kappa shape index (κ2) is 5.04. The van der Waals surface area contributed by atoms with Crippen LogP contribution in [0.2, 0.25) is 5.02 Å². The predicted octanol–water partition coefficient (Wildman–Crippen LogP) is 3.44. The van der Waals surface area contributed by atoms with Crippen molar-refractivity contribution in [1.82, 2.24) is 10.2 Å². The predicted molar refractivity (Wildman–Crippen MR) is 78.0 cm³/mol. The van der Waals surface area contributed by atoms with Crippen molar-refractivity contribution in [3.8, 4) is 0 Å². The molecular formula is C15H22ClFN2. The van der Waals surface area contributed by atoms with Gasteiger partial charge in [-0.1, -0.05) is 23.7 Å². The number of rotatable bonds is 2. The van der Waals surface area contributed by atoms with Gasteiger partial charge in [-0.05, 0) is 39.3 Å². The summed E-state index contributed by atoms with van der Waals surface area (Å²) in [5.74, 6) is -0.341. The molecule has 1 fully saturated rings. The zero-order valence-electron chi connectivity index (χ0n) is 12.1. The summed E-state index contributed by atoms with van der Waals surface area (Å²) in [6.07, 6.45) is 0. The molecule has 0 atom stereocenters. The topological polar surface area (TPSA) is 15.3 Å². The van der Waals surface area contributed by atoms with Crippen LogP contribution in [0.4, 0.5) is 4.39 Å². The van der Waals surface area contributed by atoms with E-state index in [1.807, 2.05) is 6.07 Å². The number of piperazine rings is 1. The lowest BCUT2D eigenvalue weighted by Crippen LogP contribution is -2.65. The highest BCUT2D eigenvalue weighted by Crippen LogP contribution is 2.28. The smallest absolute Gasteiger partial charge is 0.142 e. The van der Waals surface area contributed by atoms with Crippen molar-refractivity contribution in [2.24, 2.45) is 0 Å². The van der Waals surface area contributed by atoms with E-state index in [0.717, 1.165) is 18.7 Å². The summed E-state index contributed by atoms with van der Waals surface area (Å²) in [5, 5.41) is 3.79. The Labute approximate surface area is 119 Å². The van der Waals surface area contributed by atoms with Gasteiger partial charge >= 0.3 is 0 Å². The van der Waals surface area contributed by atoms with Crippen LogP contribution in [-0.4, -0.2) is 29.1 Å². The first-order chi connectivity index (χ1) is 8.71. The third-order valence-electron chi connectivity index (χ3n) is 3.83. The molecule has 0 unspecified atom stereocenters. The molecular weight excluding hydrogens is 263 g/mol. The first-order valence-electron chi connectivity index (χ1n) is 6.64. The maximum Gasteiger partial charge on any atom is 0.142 e. The molecule has 2 rings (SSSR count). The van der Waals surface area contributed by atoms with Gasteiger partial charge in [-0.3, -0.25) is 4.90 Å². The Balaban J connectivity index is 2.22. The highest BCUT2D eigenvalue weighted by Gasteiger charge is 2.37. The minimum atomic E-state index is -0.341. The Hall–Kier alpha value is -0.640. The first-order valence-corrected chi connectivity index (χ1v) is 7.02. The Kier molecular flexibility index (Phi) is 3.92. The van der Waals surface area contributed by atoms with Crippen molar-refractivity contribution < 1.29 is 4.39 Å². The van der Waals surface area contributed by atoms with Gasteiger partial charge in [0.25, 0.3) is 0 Å². The normalized spacial score (nSPS) is 22.4. The van der Waals surface area contributed by atoms with Crippen molar-refractivity contribution >= 4 is 11.6 Å². The van der Waals surface area contributed by atoms with Crippen LogP contribution in [0.1, 0.15) is 33.3 Å². The van der Waals surface area contributed by atoms with Crippen LogP contribution >= 0.6 is 11.6 Å². The Morgan fingerprint density at radius 2 is 2.00 bits per heavy atom. The van der Waals surface area contributed by atoms with Crippen molar-refractivity contribution in [1.29, 1.82) is 0 Å². The van der Waals surface area contributed by atoms with E-state index in [-0.39, 0.29) is 21.9 Å². The van der Waals surface area contributed by atoms with Crippen molar-refractivity contribution in [3.63, 3.8) is 0 Å². The third-order valence-corrected chi connectivity index (χ3v) is 4.26. The van der Waals surface area contributed by atoms with Gasteiger partial charge in [0.2, 0.25) is 0 Å². The van der Waals surface area contributed by atoms with Gasteiger partial charge in [0.1, 0.15) is 5.82 Å². The highest BCUT2D eigenvalue weighted by atomic mass is 35.5. The second-order valence-corrected chi connectivity index (χ2v) is 7.00. The molecule has 1 aromatic rings. The van der Waals surface area contributed by atoms with E-state index < -0.39 is 0 Å². The number of hydrogen-bond acceptors (Lipinski definition) is 2. The van der Waals surface area contributed by atoms with Gasteiger partial charge in [0.15, 0.2) is 0 Å². The molecule has 0 saturated carbocycles. The summed E-state index contributed by atoms with van der Waals surface area (Å²) in [6, 6.07) is 5.02. The van der Waals surface area contributed by atoms with Gasteiger partial charge in [0.05, 0.1) is 5.02 Å². The quantitative estimate of drug-likeness (QED) is 0.895. The van der Waals surface area contributed by atoms with Gasteiger partial charge in [-0.2, -0.15) is 0 Å². The largest absolute Gasteiger partial charge is 0.309 e. The van der Waals surface area contributed by atoms with Crippen LogP contribution in [0.5, 0.6) is 0 Å². The lowest BCUT2D eigenvalue weighted by Gasteiger charge is -2.49. The maximum atomic E-state index is 13.5. The maximum absolute atomic E-state index is 13.5. The fourth-order valence-electron chi connectivity index (χ4n) is 2.46. The standard InChI is InChI=1S/C15H22ClFN2/c1-14(2)10-19(15(3,4)9-18-14)8-11-6-5-7-12(17)13(11)16/h5-7,18H,8-10H2,1-4H3. The van der Waals surface area contributed by atoms with E-state index in [2.05, 4.69) is 37.9 Å². The average Bonchev–Trinajstić information content (AvgIpc) is 2.30. The molecule has 1 aliphatic heterocycles. The van der Waals surface area contributed by atoms with E-state index in [9.17, 15) is 4.39 Å². The molecule has 0 bridgehead atoms. The average molecular weight is 285 g/mol. The first kappa shape index (κ1) is 14.8. The molecule has 19 heavy (non-hydrogen) atoms. The fraction of sp³-hybridized carbons (Fsp3) is 0.600. The molecule has 0 radical (unpaired) electrons. The summed E-state index contributed by atoms with van der Waals surface area (Å²) in [4.78, 5) is 2.37. The van der Waals surface area contributed by atoms with Crippen LogP contribution in [0.25, 0.3) is 0 Å². The fourth-order valence-corrected chi connectivity index (χ4v) is 2.65. The van der Waals surface area contributed by atoms with E-state index >= 15 is 0 Å². The Morgan fingerprint density at radius 3 is 2.68 bits per heavy atom. The molecule has 1 aliphatic rings. The molecule has 0 amide bonds. The number of benzene rings is 1. The summed E-state index contributed by atoms with van der Waals surface area (Å²) in [6.45, 7) is 11.3. The summed E-state index contributed by atoms with van der Waals surface area (Å²) < 4.78 is 13.5. The lowest BCUT2D eigenvalue weighted by atomic mass is 9.91. The zero-order chi connectivity index (χ0) is 14.3. The SMILES string of the molecule is CC1(C)CN(Cc2cccc(F)c2Cl)C(C)(C)CN1. The minimum absolute atomic E-state index is 0.0329. The van der Waals surface area contributed by atoms with Crippen molar-refractivity contribution in [2.75, 3.05) is 13.1 Å². The van der Waals surface area contributed by atoms with Crippen LogP contribution in [0, 0.1) is 5.82 Å². The van der Waals surface area contributed by atoms with E-state index in [1.165, 1.54) is 6.07 Å². The van der Waals surface area contributed by atoms with Crippen LogP contribution in [0.15, 0.2) is 18.2 Å². The molecule has 0 aromatic heterocycles. The third kappa shape index (κ3) is 3.28. The molecule has 106 valence electrons. The monoisotopic (exact) mass is 284 g/mol. The summed E-state index contributed by atoms with van der Waals surface area (Å²) >= 11 is 6.06. The molecule has 0 spiro atoms. The van der Waals surface area contributed by atoms with Crippen molar-refractivity contribution in [2.45, 2.75) is 45.3 Å². The molecule has 0 aliphatic carbocycles. The summed E-state index contributed by atoms with van der Waals surface area (Å²) in [5.41, 5.74) is 0.952. The van der Waals surface area contributed by atoms with Crippen LogP contribution in [0.3, 0.4) is 0 Å². The van der Waals surface area contributed by atoms with Gasteiger partial charge in [-0.15, -0.1) is 0 Å². The van der Waals surface area contributed by atoms with Crippen molar-refractivity contribution in [3.05, 3.63) is 34.6 Å². The molecule has 1 heterocycles. The molecule has 1 saturated heterocycles. The molecule has 1 N–H and O–H groups in total. The Morgan fingerprint density at radius 1 is 1.32 bits per heavy atom. The van der Waals surface area contributed by atoms with E-state index in [1.54, 1.807) is 6.07 Å². The zero-order valence-corrected chi connectivity index (χ0v) is 12.8. The number of halogens is 2. The second-order valence-electron chi connectivity index (χ2n) is 6.62. The molecule has 4 heteroatoms. The van der Waals surface area contributed by atoms with Gasteiger partial charge < -0.3 is 5.32 Å². The van der Waals surface area contributed by atoms with Gasteiger partial charge in [0, 0.05) is 30.7 Å².